The van der Waals surface area contributed by atoms with Crippen LogP contribution in [0.15, 0.2) is 92.8 Å². The molecule has 0 spiro atoms. The van der Waals surface area contributed by atoms with Crippen molar-refractivity contribution in [3.8, 4) is 0 Å². The summed E-state index contributed by atoms with van der Waals surface area (Å²) < 4.78 is 19.8. The van der Waals surface area contributed by atoms with Crippen LogP contribution in [0.25, 0.3) is 0 Å². The summed E-state index contributed by atoms with van der Waals surface area (Å²) in [7, 11) is -0.690. The molecule has 8 rings (SSSR count). The lowest BCUT2D eigenvalue weighted by molar-refractivity contribution is -0.155. The monoisotopic (exact) mass is 960 g/mol. The molecule has 2 fully saturated rings. The summed E-state index contributed by atoms with van der Waals surface area (Å²) in [5, 5.41) is 11.0. The Hall–Kier alpha value is -5.99. The van der Waals surface area contributed by atoms with Crippen LogP contribution >= 0.6 is 8.15 Å². The van der Waals surface area contributed by atoms with Crippen molar-refractivity contribution in [2.24, 2.45) is 5.41 Å². The van der Waals surface area contributed by atoms with Gasteiger partial charge in [-0.25, -0.2) is 9.59 Å². The number of ether oxygens (including phenoxy) is 2. The molecule has 2 aromatic heterocycles. The topological polar surface area (TPSA) is 251 Å². The summed E-state index contributed by atoms with van der Waals surface area (Å²) >= 11 is 0. The van der Waals surface area contributed by atoms with Crippen molar-refractivity contribution < 1.29 is 48.0 Å². The molecule has 2 aromatic carbocycles. The highest BCUT2D eigenvalue weighted by Crippen LogP contribution is 2.36. The second kappa shape index (κ2) is 22.0. The van der Waals surface area contributed by atoms with E-state index in [1.165, 1.54) is 46.5 Å². The van der Waals surface area contributed by atoms with Gasteiger partial charge in [-0.05, 0) is 76.1 Å². The van der Waals surface area contributed by atoms with E-state index in [1.807, 2.05) is 19.4 Å². The highest BCUT2D eigenvalue weighted by molar-refractivity contribution is 7.50. The molecule has 364 valence electrons. The first kappa shape index (κ1) is 51.4. The average Bonchev–Trinajstić information content (AvgIpc) is 4.02. The molecule has 6 atom stereocenters. The Morgan fingerprint density at radius 3 is 1.47 bits per heavy atom. The number of H-pyrrole nitrogens is 2. The van der Waals surface area contributed by atoms with E-state index in [0.717, 1.165) is 11.5 Å². The first-order valence-electron chi connectivity index (χ1n) is 22.0. The van der Waals surface area contributed by atoms with Gasteiger partial charge in [-0.15, -0.1) is 16.7 Å². The molecule has 68 heavy (non-hydrogen) atoms. The van der Waals surface area contributed by atoms with Crippen LogP contribution in [0.5, 0.6) is 0 Å². The van der Waals surface area contributed by atoms with Crippen molar-refractivity contribution in [3.63, 3.8) is 0 Å². The van der Waals surface area contributed by atoms with Gasteiger partial charge < -0.3 is 19.1 Å². The summed E-state index contributed by atoms with van der Waals surface area (Å²) in [6, 6.07) is 12.8. The van der Waals surface area contributed by atoms with E-state index in [2.05, 4.69) is 37.3 Å². The largest absolute Gasteiger partial charge is 0.394 e. The fourth-order valence-corrected chi connectivity index (χ4v) is 8.12. The molecule has 4 amide bonds. The van der Waals surface area contributed by atoms with E-state index in [0.29, 0.717) is 21.6 Å². The number of aliphatic hydroxyl groups excluding tert-OH is 1. The number of imide groups is 2. The van der Waals surface area contributed by atoms with Gasteiger partial charge in [-0.2, -0.15) is 0 Å². The van der Waals surface area contributed by atoms with Crippen molar-refractivity contribution in [2.75, 3.05) is 26.5 Å². The van der Waals surface area contributed by atoms with E-state index in [1.54, 1.807) is 50.2 Å². The minimum absolute atomic E-state index is 0.0873. The van der Waals surface area contributed by atoms with Crippen molar-refractivity contribution in [2.45, 2.75) is 104 Å². The van der Waals surface area contributed by atoms with Crippen LogP contribution in [0.1, 0.15) is 118 Å². The van der Waals surface area contributed by atoms with Gasteiger partial charge in [0.25, 0.3) is 34.7 Å². The van der Waals surface area contributed by atoms with Crippen molar-refractivity contribution in [1.29, 1.82) is 0 Å². The summed E-state index contributed by atoms with van der Waals surface area (Å²) in [6.45, 7) is 17.2. The first-order valence-corrected chi connectivity index (χ1v) is 24.1. The number of carbonyl (C=O) groups excluding carboxylic acids is 4. The van der Waals surface area contributed by atoms with Crippen LogP contribution in [-0.4, -0.2) is 109 Å². The van der Waals surface area contributed by atoms with E-state index in [9.17, 15) is 43.5 Å². The summed E-state index contributed by atoms with van der Waals surface area (Å²) in [5.41, 5.74) is -0.0799. The molecule has 4 aromatic rings. The summed E-state index contributed by atoms with van der Waals surface area (Å²) in [6.07, 6.45) is 4.13. The minimum Gasteiger partial charge on any atom is -0.394 e. The molecular weight excluding hydrogens is 904 g/mol. The number of aryl methyl sites for hydroxylation is 2. The minimum atomic E-state index is -0.867. The number of nitrogens with zero attached hydrogens (tertiary/aromatic N) is 4. The Bertz CT molecular complexity index is 2700. The molecule has 6 heterocycles. The molecule has 4 aliphatic rings. The second-order valence-electron chi connectivity index (χ2n) is 17.9. The number of hydrogen-bond acceptors (Lipinski definition) is 14. The fourth-order valence-electron chi connectivity index (χ4n) is 7.67. The Morgan fingerprint density at radius 1 is 0.706 bits per heavy atom. The number of allylic oxidation sites excluding steroid dienone is 1. The van der Waals surface area contributed by atoms with Gasteiger partial charge >= 0.3 is 11.4 Å². The third-order valence-corrected chi connectivity index (χ3v) is 11.9. The SMILES string of the molecule is C=CCCCC(C)(C)C.Cc1cn([C@H]2C[C@@H](ON3C(=O)c4ccccc4C3=O)[C@@H](CO)O2)c(=O)[nH]c1=O.Cc1cn([C@H]2C[C@@H](ON3C(=O)c4ccccc4C3=O)[C@@H](COP(C)C)O2)c(=O)[nH]c1=O. The number of carbonyl (C=O) groups is 4. The van der Waals surface area contributed by atoms with Gasteiger partial charge in [-0.3, -0.25) is 57.5 Å². The lowest BCUT2D eigenvalue weighted by atomic mass is 9.90. The lowest BCUT2D eigenvalue weighted by Crippen LogP contribution is -2.39. The zero-order valence-electron chi connectivity index (χ0n) is 39.0. The van der Waals surface area contributed by atoms with Crippen LogP contribution in [0.3, 0.4) is 0 Å². The van der Waals surface area contributed by atoms with Crippen LogP contribution < -0.4 is 22.5 Å². The maximum Gasteiger partial charge on any atom is 0.330 e. The number of aromatic amines is 2. The number of hydrogen-bond donors (Lipinski definition) is 3. The van der Waals surface area contributed by atoms with Crippen LogP contribution in [-0.2, 0) is 23.7 Å². The van der Waals surface area contributed by atoms with Gasteiger partial charge in [0.15, 0.2) is 0 Å². The van der Waals surface area contributed by atoms with Gasteiger partial charge in [0.2, 0.25) is 0 Å². The molecule has 0 unspecified atom stereocenters. The molecule has 21 heteroatoms. The third-order valence-electron chi connectivity index (χ3n) is 11.3. The Kier molecular flexibility index (Phi) is 16.6. The number of rotatable bonds is 13. The van der Waals surface area contributed by atoms with Crippen molar-refractivity contribution >= 4 is 31.8 Å². The fraction of sp³-hybridized carbons (Fsp3) is 0.447. The Labute approximate surface area is 392 Å². The van der Waals surface area contributed by atoms with E-state index < -0.39 is 97.8 Å². The molecule has 0 saturated carbocycles. The number of fused-ring (bicyclic) bond motifs is 2. The molecule has 2 saturated heterocycles. The number of amides is 4. The predicted octanol–water partition coefficient (Wildman–Crippen LogP) is 4.51. The van der Waals surface area contributed by atoms with Gasteiger partial charge in [-0.1, -0.05) is 51.1 Å². The van der Waals surface area contributed by atoms with E-state index in [-0.39, 0.29) is 41.7 Å². The maximum absolute atomic E-state index is 12.7. The normalized spacial score (nSPS) is 22.0. The number of aromatic nitrogens is 4. The number of hydroxylamine groups is 4. The quantitative estimate of drug-likeness (QED) is 0.0722. The van der Waals surface area contributed by atoms with Crippen molar-refractivity contribution in [1.82, 2.24) is 29.2 Å². The predicted molar refractivity (Wildman–Crippen MR) is 248 cm³/mol. The maximum atomic E-state index is 12.7. The lowest BCUT2D eigenvalue weighted by Gasteiger charge is -2.23. The number of aliphatic hydroxyl groups is 1. The number of unbranched alkanes of at least 4 members (excludes halogenated alkanes) is 1. The van der Waals surface area contributed by atoms with E-state index >= 15 is 0 Å². The smallest absolute Gasteiger partial charge is 0.330 e. The van der Waals surface area contributed by atoms with Crippen molar-refractivity contribution in [3.05, 3.63) is 149 Å². The zero-order valence-corrected chi connectivity index (χ0v) is 39.9. The Balaban J connectivity index is 0.000000191. The number of benzene rings is 2. The van der Waals surface area contributed by atoms with Gasteiger partial charge in [0.1, 0.15) is 36.9 Å². The van der Waals surface area contributed by atoms with Crippen LogP contribution in [0, 0.1) is 19.3 Å². The van der Waals surface area contributed by atoms with Crippen LogP contribution in [0.4, 0.5) is 0 Å². The molecule has 0 aliphatic carbocycles. The molecule has 0 bridgehead atoms. The molecule has 0 radical (unpaired) electrons. The van der Waals surface area contributed by atoms with Gasteiger partial charge in [0.05, 0.1) is 35.5 Å². The summed E-state index contributed by atoms with van der Waals surface area (Å²) in [4.78, 5) is 114. The van der Waals surface area contributed by atoms with Crippen LogP contribution in [0.2, 0.25) is 0 Å². The molecule has 4 aliphatic heterocycles. The standard InChI is InChI=1S/C20H22N3O7P.C18H17N3O7.C9H18/c1-11-9-22(20(27)21-17(11)24)16-8-14(15(29-16)10-28-31(2)3)30-23-18(25)12-6-4-5-7-13(12)19(23)26;1-9-7-20(18(26)19-15(9)23)14-6-12(13(8-22)27-14)28-21-16(24)10-4-2-3-5-11(10)17(21)25;1-5-6-7-8-9(2,3)4/h4-7,9,14-16H,8,10H2,1-3H3,(H,21,24,27);2-5,7,12-14,22H,6,8H2,1H3,(H,19,23,26);5H,1,6-8H2,2-4H3/t14-,15-,16-;12-,13-,14-;/m11./s1. The molecule has 3 N–H and O–H groups in total. The summed E-state index contributed by atoms with van der Waals surface area (Å²) in [5.74, 6) is -2.29. The molecular formula is C47H57N6O14P. The third kappa shape index (κ3) is 11.8. The highest BCUT2D eigenvalue weighted by Gasteiger charge is 2.46. The molecule has 20 nitrogen and oxygen atoms in total. The Morgan fingerprint density at radius 2 is 1.10 bits per heavy atom. The zero-order chi connectivity index (χ0) is 49.6. The van der Waals surface area contributed by atoms with Gasteiger partial charge in [0, 0.05) is 44.5 Å². The first-order chi connectivity index (χ1) is 32.2. The number of nitrogens with one attached hydrogen (secondary N) is 2. The average molecular weight is 961 g/mol. The van der Waals surface area contributed by atoms with E-state index in [4.69, 9.17) is 23.7 Å². The second-order valence-corrected chi connectivity index (χ2v) is 19.8. The highest BCUT2D eigenvalue weighted by atomic mass is 31.1.